The molecule has 0 radical (unpaired) electrons. The first-order chi connectivity index (χ1) is 9.50. The number of hydrogen-bond donors (Lipinski definition) is 1. The first-order valence-corrected chi connectivity index (χ1v) is 6.89. The molecule has 0 fully saturated rings. The molecule has 2 aromatic rings. The molecule has 0 spiro atoms. The van der Waals surface area contributed by atoms with Crippen LogP contribution in [0.4, 0.5) is 5.82 Å². The van der Waals surface area contributed by atoms with Crippen molar-refractivity contribution in [3.8, 4) is 0 Å². The zero-order valence-electron chi connectivity index (χ0n) is 11.2. The summed E-state index contributed by atoms with van der Waals surface area (Å²) < 4.78 is 0. The van der Waals surface area contributed by atoms with E-state index in [4.69, 9.17) is 29.6 Å². The minimum absolute atomic E-state index is 0.0681. The van der Waals surface area contributed by atoms with Crippen LogP contribution < -0.4 is 10.6 Å². The number of anilines is 1. The standard InChI is InChI=1S/C14H15ClN4S/c1-9(10-4-3-5-11(15)8-10)19(2)14-12(13(16)20)6-7-17-18-14/h3-9H,1-2H3,(H2,16,20). The van der Waals surface area contributed by atoms with Crippen molar-refractivity contribution in [1.29, 1.82) is 0 Å². The number of thiocarbonyl (C=S) groups is 1. The molecular formula is C14H15ClN4S. The summed E-state index contributed by atoms with van der Waals surface area (Å²) in [5.74, 6) is 0.660. The number of nitrogens with zero attached hydrogens (tertiary/aromatic N) is 3. The van der Waals surface area contributed by atoms with Gasteiger partial charge in [-0.2, -0.15) is 5.10 Å². The van der Waals surface area contributed by atoms with Crippen LogP contribution in [0.2, 0.25) is 5.02 Å². The van der Waals surface area contributed by atoms with Gasteiger partial charge in [0.15, 0.2) is 5.82 Å². The first-order valence-electron chi connectivity index (χ1n) is 6.10. The molecule has 0 aliphatic heterocycles. The molecule has 1 aromatic carbocycles. The van der Waals surface area contributed by atoms with Crippen LogP contribution in [0.15, 0.2) is 36.5 Å². The lowest BCUT2D eigenvalue weighted by molar-refractivity contribution is 0.719. The van der Waals surface area contributed by atoms with E-state index in [2.05, 4.69) is 17.1 Å². The van der Waals surface area contributed by atoms with Crippen LogP contribution in [-0.4, -0.2) is 22.2 Å². The van der Waals surface area contributed by atoms with Gasteiger partial charge in [0.1, 0.15) is 4.99 Å². The highest BCUT2D eigenvalue weighted by atomic mass is 35.5. The number of benzene rings is 1. The summed E-state index contributed by atoms with van der Waals surface area (Å²) >= 11 is 11.1. The summed E-state index contributed by atoms with van der Waals surface area (Å²) in [6.45, 7) is 2.06. The molecule has 2 rings (SSSR count). The minimum Gasteiger partial charge on any atom is -0.389 e. The van der Waals surface area contributed by atoms with Crippen LogP contribution in [0.3, 0.4) is 0 Å². The molecule has 0 saturated carbocycles. The number of nitrogens with two attached hydrogens (primary N) is 1. The van der Waals surface area contributed by atoms with Gasteiger partial charge in [-0.25, -0.2) is 0 Å². The average molecular weight is 307 g/mol. The smallest absolute Gasteiger partial charge is 0.161 e. The van der Waals surface area contributed by atoms with Gasteiger partial charge < -0.3 is 10.6 Å². The molecule has 104 valence electrons. The summed E-state index contributed by atoms with van der Waals surface area (Å²) in [5, 5.41) is 8.76. The zero-order chi connectivity index (χ0) is 14.7. The van der Waals surface area contributed by atoms with Gasteiger partial charge in [-0.3, -0.25) is 0 Å². The zero-order valence-corrected chi connectivity index (χ0v) is 12.8. The maximum Gasteiger partial charge on any atom is 0.161 e. The Labute approximate surface area is 128 Å². The molecule has 1 aromatic heterocycles. The predicted octanol–water partition coefficient (Wildman–Crippen LogP) is 2.96. The van der Waals surface area contributed by atoms with Crippen molar-refractivity contribution in [3.05, 3.63) is 52.7 Å². The van der Waals surface area contributed by atoms with Crippen molar-refractivity contribution in [3.63, 3.8) is 0 Å². The predicted molar refractivity (Wildman–Crippen MR) is 86.2 cm³/mol. The first kappa shape index (κ1) is 14.7. The second kappa shape index (κ2) is 6.15. The number of rotatable bonds is 4. The summed E-state index contributed by atoms with van der Waals surface area (Å²) in [4.78, 5) is 2.28. The van der Waals surface area contributed by atoms with E-state index in [1.165, 1.54) is 0 Å². The van der Waals surface area contributed by atoms with Gasteiger partial charge in [0, 0.05) is 12.1 Å². The van der Waals surface area contributed by atoms with E-state index in [0.29, 0.717) is 21.4 Å². The topological polar surface area (TPSA) is 55.0 Å². The Morgan fingerprint density at radius 2 is 2.15 bits per heavy atom. The van der Waals surface area contributed by atoms with E-state index < -0.39 is 0 Å². The van der Waals surface area contributed by atoms with E-state index in [1.807, 2.05) is 36.2 Å². The lowest BCUT2D eigenvalue weighted by atomic mass is 10.1. The minimum atomic E-state index is 0.0681. The van der Waals surface area contributed by atoms with Crippen molar-refractivity contribution in [2.75, 3.05) is 11.9 Å². The highest BCUT2D eigenvalue weighted by Gasteiger charge is 2.18. The molecule has 0 bridgehead atoms. The highest BCUT2D eigenvalue weighted by molar-refractivity contribution is 7.80. The van der Waals surface area contributed by atoms with Crippen LogP contribution in [-0.2, 0) is 0 Å². The normalized spacial score (nSPS) is 11.9. The average Bonchev–Trinajstić information content (AvgIpc) is 2.45. The van der Waals surface area contributed by atoms with Crippen LogP contribution >= 0.6 is 23.8 Å². The van der Waals surface area contributed by atoms with Gasteiger partial charge in [0.25, 0.3) is 0 Å². The molecule has 4 nitrogen and oxygen atoms in total. The molecule has 0 saturated heterocycles. The third kappa shape index (κ3) is 3.05. The maximum atomic E-state index is 6.03. The Balaban J connectivity index is 2.36. The van der Waals surface area contributed by atoms with Crippen LogP contribution in [0.25, 0.3) is 0 Å². The monoisotopic (exact) mass is 306 g/mol. The molecule has 1 unspecified atom stereocenters. The maximum absolute atomic E-state index is 6.03. The molecule has 2 N–H and O–H groups in total. The van der Waals surface area contributed by atoms with Crippen molar-refractivity contribution in [1.82, 2.24) is 10.2 Å². The molecule has 6 heteroatoms. The Kier molecular flexibility index (Phi) is 4.52. The number of halogens is 1. The summed E-state index contributed by atoms with van der Waals surface area (Å²) in [7, 11) is 1.93. The summed E-state index contributed by atoms with van der Waals surface area (Å²) in [6.07, 6.45) is 1.58. The fourth-order valence-electron chi connectivity index (χ4n) is 1.95. The molecule has 0 aliphatic rings. The van der Waals surface area contributed by atoms with Gasteiger partial charge >= 0.3 is 0 Å². The van der Waals surface area contributed by atoms with Gasteiger partial charge in [-0.1, -0.05) is 36.0 Å². The summed E-state index contributed by atoms with van der Waals surface area (Å²) in [5.41, 5.74) is 7.53. The van der Waals surface area contributed by atoms with Crippen molar-refractivity contribution >= 4 is 34.6 Å². The van der Waals surface area contributed by atoms with Gasteiger partial charge in [-0.15, -0.1) is 5.10 Å². The van der Waals surface area contributed by atoms with Gasteiger partial charge in [0.05, 0.1) is 17.8 Å². The second-order valence-electron chi connectivity index (χ2n) is 4.47. The molecule has 0 aliphatic carbocycles. The van der Waals surface area contributed by atoms with E-state index in [0.717, 1.165) is 5.56 Å². The van der Waals surface area contributed by atoms with Crippen LogP contribution in [0.1, 0.15) is 24.1 Å². The fourth-order valence-corrected chi connectivity index (χ4v) is 2.31. The van der Waals surface area contributed by atoms with E-state index in [-0.39, 0.29) is 6.04 Å². The fraction of sp³-hybridized carbons (Fsp3) is 0.214. The second-order valence-corrected chi connectivity index (χ2v) is 5.35. The molecule has 1 atom stereocenters. The molecule has 1 heterocycles. The Hall–Kier alpha value is -1.72. The largest absolute Gasteiger partial charge is 0.389 e. The third-order valence-electron chi connectivity index (χ3n) is 3.21. The Morgan fingerprint density at radius 1 is 1.40 bits per heavy atom. The molecule has 20 heavy (non-hydrogen) atoms. The van der Waals surface area contributed by atoms with E-state index >= 15 is 0 Å². The molecule has 0 amide bonds. The third-order valence-corrected chi connectivity index (χ3v) is 3.67. The van der Waals surface area contributed by atoms with Crippen LogP contribution in [0.5, 0.6) is 0 Å². The Bertz CT molecular complexity index is 632. The van der Waals surface area contributed by atoms with Crippen molar-refractivity contribution < 1.29 is 0 Å². The van der Waals surface area contributed by atoms with Gasteiger partial charge in [-0.05, 0) is 30.7 Å². The SMILES string of the molecule is CC(c1cccc(Cl)c1)N(C)c1nnccc1C(N)=S. The molecular weight excluding hydrogens is 292 g/mol. The summed E-state index contributed by atoms with van der Waals surface area (Å²) in [6, 6.07) is 9.56. The van der Waals surface area contributed by atoms with Crippen LogP contribution in [0, 0.1) is 0 Å². The number of hydrogen-bond acceptors (Lipinski definition) is 4. The van der Waals surface area contributed by atoms with E-state index in [1.54, 1.807) is 12.3 Å². The van der Waals surface area contributed by atoms with Crippen molar-refractivity contribution in [2.45, 2.75) is 13.0 Å². The highest BCUT2D eigenvalue weighted by Crippen LogP contribution is 2.27. The van der Waals surface area contributed by atoms with E-state index in [9.17, 15) is 0 Å². The Morgan fingerprint density at radius 3 is 2.80 bits per heavy atom. The quantitative estimate of drug-likeness (QED) is 0.880. The van der Waals surface area contributed by atoms with Gasteiger partial charge in [0.2, 0.25) is 0 Å². The number of aromatic nitrogens is 2. The van der Waals surface area contributed by atoms with Crippen molar-refractivity contribution in [2.24, 2.45) is 5.73 Å². The lowest BCUT2D eigenvalue weighted by Crippen LogP contribution is -2.26. The lowest BCUT2D eigenvalue weighted by Gasteiger charge is -2.27.